The molecule has 0 aromatic carbocycles. The molecule has 1 fully saturated rings. The zero-order valence-electron chi connectivity index (χ0n) is 12.2. The van der Waals surface area contributed by atoms with E-state index in [1.54, 1.807) is 7.11 Å². The van der Waals surface area contributed by atoms with E-state index in [-0.39, 0.29) is 11.7 Å². The fraction of sp³-hybridized carbons (Fsp3) is 1.00. The van der Waals surface area contributed by atoms with E-state index >= 15 is 0 Å². The van der Waals surface area contributed by atoms with Crippen LogP contribution in [0.5, 0.6) is 0 Å². The molecule has 0 aromatic rings. The Bertz CT molecular complexity index is 225. The van der Waals surface area contributed by atoms with Crippen LogP contribution in [0.2, 0.25) is 0 Å². The van der Waals surface area contributed by atoms with E-state index in [2.05, 4.69) is 18.7 Å². The number of hydrogen-bond acceptors (Lipinski definition) is 4. The standard InChI is InChI=1S/C14H29NO3/c1-4-5-9-18-11-13(16)10-15-8-6-7-14(2,12-15)17-3/h13,16H,4-12H2,1-3H3. The summed E-state index contributed by atoms with van der Waals surface area (Å²) in [5.41, 5.74) is -0.0545. The van der Waals surface area contributed by atoms with Crippen LogP contribution in [-0.4, -0.2) is 61.7 Å². The van der Waals surface area contributed by atoms with Crippen molar-refractivity contribution in [2.75, 3.05) is 40.0 Å². The van der Waals surface area contributed by atoms with Crippen molar-refractivity contribution in [1.29, 1.82) is 0 Å². The maximum Gasteiger partial charge on any atom is 0.0900 e. The highest BCUT2D eigenvalue weighted by Crippen LogP contribution is 2.23. The second-order valence-electron chi connectivity index (χ2n) is 5.57. The molecule has 0 spiro atoms. The van der Waals surface area contributed by atoms with E-state index in [9.17, 15) is 5.11 Å². The molecule has 0 radical (unpaired) electrons. The highest BCUT2D eigenvalue weighted by molar-refractivity contribution is 4.85. The number of methoxy groups -OCH3 is 1. The van der Waals surface area contributed by atoms with Crippen LogP contribution in [0, 0.1) is 0 Å². The largest absolute Gasteiger partial charge is 0.389 e. The van der Waals surface area contributed by atoms with Gasteiger partial charge in [-0.25, -0.2) is 0 Å². The summed E-state index contributed by atoms with van der Waals surface area (Å²) in [4.78, 5) is 2.28. The van der Waals surface area contributed by atoms with Gasteiger partial charge in [0.1, 0.15) is 0 Å². The van der Waals surface area contributed by atoms with E-state index in [1.807, 2.05) is 0 Å². The lowest BCUT2D eigenvalue weighted by Crippen LogP contribution is -2.49. The van der Waals surface area contributed by atoms with E-state index in [0.29, 0.717) is 13.2 Å². The van der Waals surface area contributed by atoms with Gasteiger partial charge < -0.3 is 14.6 Å². The number of aliphatic hydroxyl groups is 1. The van der Waals surface area contributed by atoms with Crippen LogP contribution >= 0.6 is 0 Å². The SMILES string of the molecule is CCCCOCC(O)CN1CCCC(C)(OC)C1. The maximum absolute atomic E-state index is 9.94. The van der Waals surface area contributed by atoms with Crippen molar-refractivity contribution in [3.05, 3.63) is 0 Å². The Morgan fingerprint density at radius 1 is 1.44 bits per heavy atom. The maximum atomic E-state index is 9.94. The number of hydrogen-bond donors (Lipinski definition) is 1. The molecule has 0 aromatic heterocycles. The zero-order chi connectivity index (χ0) is 13.4. The quantitative estimate of drug-likeness (QED) is 0.673. The molecule has 2 unspecified atom stereocenters. The van der Waals surface area contributed by atoms with Gasteiger partial charge in [-0.15, -0.1) is 0 Å². The Labute approximate surface area is 111 Å². The van der Waals surface area contributed by atoms with Crippen molar-refractivity contribution in [2.45, 2.75) is 51.2 Å². The molecule has 108 valence electrons. The first-order valence-corrected chi connectivity index (χ1v) is 7.13. The van der Waals surface area contributed by atoms with Crippen molar-refractivity contribution in [2.24, 2.45) is 0 Å². The van der Waals surface area contributed by atoms with Crippen LogP contribution in [-0.2, 0) is 9.47 Å². The van der Waals surface area contributed by atoms with Crippen LogP contribution in [0.4, 0.5) is 0 Å². The van der Waals surface area contributed by atoms with Gasteiger partial charge in [0.05, 0.1) is 18.3 Å². The van der Waals surface area contributed by atoms with Gasteiger partial charge in [-0.05, 0) is 32.7 Å². The molecule has 2 atom stereocenters. The minimum Gasteiger partial charge on any atom is -0.389 e. The van der Waals surface area contributed by atoms with Crippen LogP contribution in [0.3, 0.4) is 0 Å². The predicted molar refractivity (Wildman–Crippen MR) is 72.8 cm³/mol. The van der Waals surface area contributed by atoms with Gasteiger partial charge in [-0.1, -0.05) is 13.3 Å². The van der Waals surface area contributed by atoms with Crippen LogP contribution in [0.15, 0.2) is 0 Å². The minimum atomic E-state index is -0.388. The van der Waals surface area contributed by atoms with Crippen molar-refractivity contribution in [3.63, 3.8) is 0 Å². The minimum absolute atomic E-state index is 0.0545. The first-order valence-electron chi connectivity index (χ1n) is 7.13. The number of nitrogens with zero attached hydrogens (tertiary/aromatic N) is 1. The van der Waals surface area contributed by atoms with Crippen LogP contribution < -0.4 is 0 Å². The average Bonchev–Trinajstić information content (AvgIpc) is 2.35. The number of β-amino-alcohol motifs (C(OH)–C–C–N with tert-alkyl or cyclic N) is 1. The average molecular weight is 259 g/mol. The van der Waals surface area contributed by atoms with Crippen molar-refractivity contribution < 1.29 is 14.6 Å². The molecule has 0 aliphatic carbocycles. The molecule has 1 N–H and O–H groups in total. The van der Waals surface area contributed by atoms with Crippen molar-refractivity contribution >= 4 is 0 Å². The Hall–Kier alpha value is -0.160. The molecule has 1 heterocycles. The molecule has 0 amide bonds. The summed E-state index contributed by atoms with van der Waals surface area (Å²) in [6, 6.07) is 0. The van der Waals surface area contributed by atoms with E-state index in [4.69, 9.17) is 9.47 Å². The molecule has 1 rings (SSSR count). The summed E-state index contributed by atoms with van der Waals surface area (Å²) in [5, 5.41) is 9.94. The Morgan fingerprint density at radius 3 is 2.89 bits per heavy atom. The first kappa shape index (κ1) is 15.9. The number of ether oxygens (including phenoxy) is 2. The molecule has 4 nitrogen and oxygen atoms in total. The topological polar surface area (TPSA) is 41.9 Å². The second-order valence-corrected chi connectivity index (χ2v) is 5.57. The molecule has 1 aliphatic heterocycles. The predicted octanol–water partition coefficient (Wildman–Crippen LogP) is 1.66. The molecular formula is C14H29NO3. The Morgan fingerprint density at radius 2 is 2.22 bits per heavy atom. The molecule has 0 bridgehead atoms. The van der Waals surface area contributed by atoms with Crippen LogP contribution in [0.1, 0.15) is 39.5 Å². The molecule has 1 aliphatic rings. The monoisotopic (exact) mass is 259 g/mol. The van der Waals surface area contributed by atoms with Gasteiger partial charge >= 0.3 is 0 Å². The fourth-order valence-corrected chi connectivity index (χ4v) is 2.45. The number of rotatable bonds is 8. The summed E-state index contributed by atoms with van der Waals surface area (Å²) in [7, 11) is 1.77. The number of piperidine rings is 1. The second kappa shape index (κ2) is 8.10. The number of likely N-dealkylation sites (tertiary alicyclic amines) is 1. The van der Waals surface area contributed by atoms with Gasteiger partial charge in [-0.3, -0.25) is 4.90 Å². The van der Waals surface area contributed by atoms with Gasteiger partial charge in [-0.2, -0.15) is 0 Å². The summed E-state index contributed by atoms with van der Waals surface area (Å²) >= 11 is 0. The number of unbranched alkanes of at least 4 members (excludes halogenated alkanes) is 1. The highest BCUT2D eigenvalue weighted by Gasteiger charge is 2.31. The highest BCUT2D eigenvalue weighted by atomic mass is 16.5. The lowest BCUT2D eigenvalue weighted by molar-refractivity contribution is -0.0647. The molecular weight excluding hydrogens is 230 g/mol. The zero-order valence-corrected chi connectivity index (χ0v) is 12.2. The third-order valence-corrected chi connectivity index (χ3v) is 3.65. The van der Waals surface area contributed by atoms with Crippen molar-refractivity contribution in [1.82, 2.24) is 4.90 Å². The van der Waals surface area contributed by atoms with Gasteiger partial charge in [0.2, 0.25) is 0 Å². The summed E-state index contributed by atoms with van der Waals surface area (Å²) in [6.45, 7) is 8.11. The van der Waals surface area contributed by atoms with Crippen molar-refractivity contribution in [3.8, 4) is 0 Å². The smallest absolute Gasteiger partial charge is 0.0900 e. The summed E-state index contributed by atoms with van der Waals surface area (Å²) in [5.74, 6) is 0. The van der Waals surface area contributed by atoms with E-state index in [1.165, 1.54) is 0 Å². The first-order chi connectivity index (χ1) is 8.59. The molecule has 4 heteroatoms. The number of aliphatic hydroxyl groups excluding tert-OH is 1. The molecule has 18 heavy (non-hydrogen) atoms. The third kappa shape index (κ3) is 5.65. The van der Waals surface area contributed by atoms with E-state index < -0.39 is 0 Å². The van der Waals surface area contributed by atoms with Gasteiger partial charge in [0.15, 0.2) is 0 Å². The van der Waals surface area contributed by atoms with Crippen LogP contribution in [0.25, 0.3) is 0 Å². The molecule has 0 saturated carbocycles. The lowest BCUT2D eigenvalue weighted by atomic mass is 9.94. The Kier molecular flexibility index (Phi) is 7.15. The van der Waals surface area contributed by atoms with Gasteiger partial charge in [0.25, 0.3) is 0 Å². The molecule has 1 saturated heterocycles. The van der Waals surface area contributed by atoms with E-state index in [0.717, 1.165) is 45.4 Å². The van der Waals surface area contributed by atoms with Gasteiger partial charge in [0, 0.05) is 26.8 Å². The normalized spacial score (nSPS) is 27.3. The third-order valence-electron chi connectivity index (χ3n) is 3.65. The summed E-state index contributed by atoms with van der Waals surface area (Å²) < 4.78 is 11.0. The lowest BCUT2D eigenvalue weighted by Gasteiger charge is -2.40. The summed E-state index contributed by atoms with van der Waals surface area (Å²) in [6.07, 6.45) is 4.05. The Balaban J connectivity index is 2.20. The fourth-order valence-electron chi connectivity index (χ4n) is 2.45.